The number of nitrogens with zero attached hydrogens (tertiary/aromatic N) is 1. The molecule has 9 nitrogen and oxygen atoms in total. The average Bonchev–Trinajstić information content (AvgIpc) is 3.41. The van der Waals surface area contributed by atoms with Crippen LogP contribution in [0.4, 0.5) is 5.00 Å². The number of hydrogen-bond donors (Lipinski definition) is 1. The molecule has 2 aliphatic carbocycles. The third-order valence-corrected chi connectivity index (χ3v) is 7.35. The van der Waals surface area contributed by atoms with Gasteiger partial charge in [0.2, 0.25) is 11.8 Å². The fourth-order valence-corrected chi connectivity index (χ4v) is 5.97. The van der Waals surface area contributed by atoms with Crippen LogP contribution in [0, 0.1) is 11.8 Å². The molecular weight excluding hydrogens is 424 g/mol. The monoisotopic (exact) mass is 448 g/mol. The van der Waals surface area contributed by atoms with E-state index >= 15 is 0 Å². The molecule has 1 saturated heterocycles. The number of esters is 2. The van der Waals surface area contributed by atoms with Crippen molar-refractivity contribution in [2.24, 2.45) is 11.8 Å². The Balaban J connectivity index is 1.33. The Kier molecular flexibility index (Phi) is 6.08. The zero-order chi connectivity index (χ0) is 22.1. The largest absolute Gasteiger partial charge is 0.465 e. The lowest BCUT2D eigenvalue weighted by atomic mass is 9.81. The van der Waals surface area contributed by atoms with Gasteiger partial charge in [0.25, 0.3) is 5.91 Å². The van der Waals surface area contributed by atoms with E-state index in [-0.39, 0.29) is 23.7 Å². The van der Waals surface area contributed by atoms with E-state index in [2.05, 4.69) is 5.32 Å². The molecule has 1 N–H and O–H groups in total. The van der Waals surface area contributed by atoms with Crippen molar-refractivity contribution in [3.8, 4) is 0 Å². The predicted molar refractivity (Wildman–Crippen MR) is 109 cm³/mol. The summed E-state index contributed by atoms with van der Waals surface area (Å²) in [6.45, 7) is -1.07. The van der Waals surface area contributed by atoms with E-state index in [0.717, 1.165) is 47.4 Å². The topological polar surface area (TPSA) is 119 Å². The Labute approximate surface area is 183 Å². The quantitative estimate of drug-likeness (QED) is 0.519. The molecule has 3 aliphatic rings. The number of carbonyl (C=O) groups excluding carboxylic acids is 5. The van der Waals surface area contributed by atoms with Crippen molar-refractivity contribution >= 4 is 46.0 Å². The smallest absolute Gasteiger partial charge is 0.341 e. The van der Waals surface area contributed by atoms with Crippen LogP contribution in [-0.4, -0.2) is 54.8 Å². The summed E-state index contributed by atoms with van der Waals surface area (Å²) < 4.78 is 9.82. The third-order valence-electron chi connectivity index (χ3n) is 6.15. The summed E-state index contributed by atoms with van der Waals surface area (Å²) in [4.78, 5) is 63.5. The second-order valence-corrected chi connectivity index (χ2v) is 9.13. The van der Waals surface area contributed by atoms with E-state index in [1.165, 1.54) is 18.4 Å². The molecular formula is C21H24N2O7S. The lowest BCUT2D eigenvalue weighted by Gasteiger charge is -2.19. The Hall–Kier alpha value is -2.75. The number of likely N-dealkylation sites (tertiary alicyclic amines) is 1. The molecule has 2 unspecified atom stereocenters. The van der Waals surface area contributed by atoms with Crippen LogP contribution in [0.3, 0.4) is 0 Å². The van der Waals surface area contributed by atoms with Gasteiger partial charge in [-0.2, -0.15) is 0 Å². The van der Waals surface area contributed by atoms with Gasteiger partial charge in [-0.1, -0.05) is 12.8 Å². The lowest BCUT2D eigenvalue weighted by molar-refractivity contribution is -0.154. The van der Waals surface area contributed by atoms with Gasteiger partial charge in [-0.3, -0.25) is 24.1 Å². The molecule has 1 aliphatic heterocycles. The first-order chi connectivity index (χ1) is 14.9. The van der Waals surface area contributed by atoms with E-state index in [9.17, 15) is 24.0 Å². The molecule has 1 saturated carbocycles. The number of rotatable bonds is 6. The molecule has 2 fully saturated rings. The van der Waals surface area contributed by atoms with Crippen LogP contribution in [0.1, 0.15) is 52.9 Å². The fourth-order valence-electron chi connectivity index (χ4n) is 4.68. The number of nitrogens with one attached hydrogen (secondary N) is 1. The summed E-state index contributed by atoms with van der Waals surface area (Å²) in [5, 5.41) is 3.00. The Morgan fingerprint density at radius 1 is 1.06 bits per heavy atom. The maximum atomic E-state index is 12.4. The molecule has 31 heavy (non-hydrogen) atoms. The number of aryl methyl sites for hydroxylation is 1. The SMILES string of the molecule is COC(=O)c1c(NC(=O)COC(=O)CN2C(=O)C3CCCCC3C2=O)sc2c1CCC2. The van der Waals surface area contributed by atoms with Crippen molar-refractivity contribution in [1.29, 1.82) is 0 Å². The second-order valence-electron chi connectivity index (χ2n) is 8.02. The van der Waals surface area contributed by atoms with Gasteiger partial charge >= 0.3 is 11.9 Å². The highest BCUT2D eigenvalue weighted by Gasteiger charge is 2.48. The second kappa shape index (κ2) is 8.78. The van der Waals surface area contributed by atoms with Crippen molar-refractivity contribution in [2.45, 2.75) is 44.9 Å². The van der Waals surface area contributed by atoms with E-state index in [4.69, 9.17) is 9.47 Å². The molecule has 4 rings (SSSR count). The van der Waals surface area contributed by atoms with Crippen LogP contribution in [-0.2, 0) is 41.5 Å². The molecule has 2 atom stereocenters. The molecule has 2 heterocycles. The highest BCUT2D eigenvalue weighted by atomic mass is 32.1. The lowest BCUT2D eigenvalue weighted by Crippen LogP contribution is -2.37. The number of amides is 3. The zero-order valence-electron chi connectivity index (χ0n) is 17.2. The summed E-state index contributed by atoms with van der Waals surface area (Å²) in [6.07, 6.45) is 5.67. The van der Waals surface area contributed by atoms with Crippen LogP contribution in [0.25, 0.3) is 0 Å². The van der Waals surface area contributed by atoms with Gasteiger partial charge in [0.1, 0.15) is 11.5 Å². The van der Waals surface area contributed by atoms with E-state index in [0.29, 0.717) is 23.4 Å². The zero-order valence-corrected chi connectivity index (χ0v) is 18.0. The van der Waals surface area contributed by atoms with Crippen molar-refractivity contribution in [3.63, 3.8) is 0 Å². The number of fused-ring (bicyclic) bond motifs is 2. The summed E-state index contributed by atoms with van der Waals surface area (Å²) in [5.41, 5.74) is 1.26. The van der Waals surface area contributed by atoms with Crippen molar-refractivity contribution in [3.05, 3.63) is 16.0 Å². The normalized spacial score (nSPS) is 22.2. The van der Waals surface area contributed by atoms with E-state index in [1.54, 1.807) is 0 Å². The fraction of sp³-hybridized carbons (Fsp3) is 0.571. The highest BCUT2D eigenvalue weighted by molar-refractivity contribution is 7.17. The van der Waals surface area contributed by atoms with Crippen molar-refractivity contribution < 1.29 is 33.4 Å². The van der Waals surface area contributed by atoms with Crippen LogP contribution >= 0.6 is 11.3 Å². The summed E-state index contributed by atoms with van der Waals surface area (Å²) in [7, 11) is 1.28. The molecule has 0 aromatic carbocycles. The maximum absolute atomic E-state index is 12.4. The van der Waals surface area contributed by atoms with E-state index in [1.807, 2.05) is 0 Å². The number of anilines is 1. The van der Waals surface area contributed by atoms with Gasteiger partial charge in [0, 0.05) is 4.88 Å². The first-order valence-corrected chi connectivity index (χ1v) is 11.3. The first-order valence-electron chi connectivity index (χ1n) is 10.4. The van der Waals surface area contributed by atoms with Crippen molar-refractivity contribution in [2.75, 3.05) is 25.6 Å². The molecule has 0 spiro atoms. The number of imide groups is 1. The highest BCUT2D eigenvalue weighted by Crippen LogP contribution is 2.40. The van der Waals surface area contributed by atoms with Crippen LogP contribution in [0.2, 0.25) is 0 Å². The minimum absolute atomic E-state index is 0.327. The van der Waals surface area contributed by atoms with Gasteiger partial charge in [-0.05, 0) is 37.7 Å². The van der Waals surface area contributed by atoms with Gasteiger partial charge < -0.3 is 14.8 Å². The van der Waals surface area contributed by atoms with Crippen molar-refractivity contribution in [1.82, 2.24) is 4.90 Å². The molecule has 166 valence electrons. The molecule has 0 bridgehead atoms. The molecule has 1 aromatic rings. The number of carbonyl (C=O) groups is 5. The standard InChI is InChI=1S/C21H24N2O7S/c1-29-21(28)17-13-7-4-8-14(13)31-18(17)22-15(24)10-30-16(25)9-23-19(26)11-5-2-3-6-12(11)20(23)27/h11-12H,2-10H2,1H3,(H,22,24). The minimum atomic E-state index is -0.822. The van der Waals surface area contributed by atoms with Crippen LogP contribution < -0.4 is 5.32 Å². The number of hydrogen-bond acceptors (Lipinski definition) is 8. The first kappa shape index (κ1) is 21.5. The number of ether oxygens (including phenoxy) is 2. The summed E-state index contributed by atoms with van der Waals surface area (Å²) >= 11 is 1.32. The predicted octanol–water partition coefficient (Wildman–Crippen LogP) is 1.68. The number of methoxy groups -OCH3 is 1. The Morgan fingerprint density at radius 2 is 1.74 bits per heavy atom. The van der Waals surface area contributed by atoms with Gasteiger partial charge in [0.05, 0.1) is 24.5 Å². The third kappa shape index (κ3) is 4.08. The van der Waals surface area contributed by atoms with Gasteiger partial charge in [-0.15, -0.1) is 11.3 Å². The van der Waals surface area contributed by atoms with Gasteiger partial charge in [0.15, 0.2) is 6.61 Å². The Bertz CT molecular complexity index is 930. The van der Waals surface area contributed by atoms with Crippen LogP contribution in [0.15, 0.2) is 0 Å². The molecule has 0 radical (unpaired) electrons. The summed E-state index contributed by atoms with van der Waals surface area (Å²) in [5.74, 6) is -3.27. The van der Waals surface area contributed by atoms with E-state index < -0.39 is 31.0 Å². The average molecular weight is 448 g/mol. The van der Waals surface area contributed by atoms with Gasteiger partial charge in [-0.25, -0.2) is 4.79 Å². The molecule has 3 amide bonds. The number of thiophene rings is 1. The Morgan fingerprint density at radius 3 is 2.39 bits per heavy atom. The summed E-state index contributed by atoms with van der Waals surface area (Å²) in [6, 6.07) is 0. The van der Waals surface area contributed by atoms with Crippen LogP contribution in [0.5, 0.6) is 0 Å². The maximum Gasteiger partial charge on any atom is 0.341 e. The molecule has 10 heteroatoms. The molecule has 1 aromatic heterocycles. The minimum Gasteiger partial charge on any atom is -0.465 e.